The zero-order valence-corrected chi connectivity index (χ0v) is 9.94. The molecule has 0 spiro atoms. The van der Waals surface area contributed by atoms with Crippen LogP contribution in [0.25, 0.3) is 0 Å². The third kappa shape index (κ3) is 3.12. The Morgan fingerprint density at radius 3 is 2.67 bits per heavy atom. The number of nitrogens with two attached hydrogens (primary N) is 1. The van der Waals surface area contributed by atoms with E-state index in [0.717, 1.165) is 25.4 Å². The molecule has 4 heteroatoms. The van der Waals surface area contributed by atoms with Gasteiger partial charge in [0.2, 0.25) is 0 Å². The summed E-state index contributed by atoms with van der Waals surface area (Å²) in [6, 6.07) is 7.93. The van der Waals surface area contributed by atoms with Crippen LogP contribution in [0.5, 0.6) is 0 Å². The lowest BCUT2D eigenvalue weighted by atomic mass is 10.1. The first-order valence-corrected chi connectivity index (χ1v) is 4.91. The average Bonchev–Trinajstić information content (AvgIpc) is 2.19. The van der Waals surface area contributed by atoms with Crippen LogP contribution in [0.15, 0.2) is 24.3 Å². The van der Waals surface area contributed by atoms with E-state index in [9.17, 15) is 0 Å². The van der Waals surface area contributed by atoms with E-state index in [4.69, 9.17) is 10.5 Å². The monoisotopic (exact) mass is 230 g/mol. The number of nitrogen functional groups attached to an aromatic ring is 1. The zero-order valence-electron chi connectivity index (χ0n) is 8.94. The van der Waals surface area contributed by atoms with E-state index in [2.05, 4.69) is 11.9 Å². The van der Waals surface area contributed by atoms with Crippen molar-refractivity contribution in [3.8, 4) is 0 Å². The summed E-state index contributed by atoms with van der Waals surface area (Å²) in [6.45, 7) is 2.79. The third-order valence-electron chi connectivity index (χ3n) is 2.58. The summed E-state index contributed by atoms with van der Waals surface area (Å²) in [5.41, 5.74) is 7.65. The molecule has 0 bridgehead atoms. The fraction of sp³-hybridized carbons (Fsp3) is 0.455. The maximum Gasteiger partial charge on any atom is 0.0952 e. The molecule has 1 aromatic rings. The number of benzene rings is 1. The summed E-state index contributed by atoms with van der Waals surface area (Å²) in [5, 5.41) is 0. The minimum atomic E-state index is 0. The van der Waals surface area contributed by atoms with Gasteiger partial charge in [-0.15, -0.1) is 0 Å². The Bertz CT molecular complexity index is 311. The summed E-state index contributed by atoms with van der Waals surface area (Å²) in [4.78, 5) is 2.28. The van der Waals surface area contributed by atoms with Gasteiger partial charge in [-0.1, -0.05) is 12.1 Å². The van der Waals surface area contributed by atoms with Gasteiger partial charge in [0.15, 0.2) is 0 Å². The van der Waals surface area contributed by atoms with Gasteiger partial charge in [0.05, 0.1) is 12.7 Å². The Hall–Kier alpha value is -0.710. The number of rotatable bonds is 1. The van der Waals surface area contributed by atoms with E-state index in [1.54, 1.807) is 0 Å². The maximum absolute atomic E-state index is 5.69. The van der Waals surface area contributed by atoms with Crippen molar-refractivity contribution in [2.75, 3.05) is 32.5 Å². The minimum Gasteiger partial charge on any atom is -0.399 e. The number of hydrogen-bond donors (Lipinski definition) is 1. The van der Waals surface area contributed by atoms with Crippen molar-refractivity contribution in [2.24, 2.45) is 0 Å². The Morgan fingerprint density at radius 2 is 2.07 bits per heavy atom. The van der Waals surface area contributed by atoms with Crippen molar-refractivity contribution >= 4 is 19.2 Å². The van der Waals surface area contributed by atoms with Crippen LogP contribution in [0.3, 0.4) is 0 Å². The minimum absolute atomic E-state index is 0. The molecule has 1 atom stereocenters. The van der Waals surface area contributed by atoms with Crippen molar-refractivity contribution in [2.45, 2.75) is 6.10 Å². The summed E-state index contributed by atoms with van der Waals surface area (Å²) in [6.07, 6.45) is 0.203. The van der Waals surface area contributed by atoms with E-state index < -0.39 is 0 Å². The van der Waals surface area contributed by atoms with Crippen molar-refractivity contribution in [3.05, 3.63) is 29.8 Å². The quantitative estimate of drug-likeness (QED) is 0.749. The lowest BCUT2D eigenvalue weighted by molar-refractivity contribution is -0.0208. The Balaban J connectivity index is 0. The predicted molar refractivity (Wildman–Crippen MR) is 71.7 cm³/mol. The highest BCUT2D eigenvalue weighted by molar-refractivity contribution is 7.59. The molecule has 1 heterocycles. The van der Waals surface area contributed by atoms with Crippen molar-refractivity contribution in [1.29, 1.82) is 0 Å². The van der Waals surface area contributed by atoms with Crippen LogP contribution >= 0.6 is 13.5 Å². The molecule has 2 N–H and O–H groups in total. The standard InChI is InChI=1S/C11H16N2O.H2S.2H2/c1-13-6-7-14-11(8-13)9-2-4-10(12)5-3-9;;;/h2-5,11H,6-8,12H2,1H3;1H2;2*1H. The normalized spacial score (nSPS) is 22.1. The molecule has 1 fully saturated rings. The molecule has 1 saturated heterocycles. The van der Waals surface area contributed by atoms with E-state index >= 15 is 0 Å². The van der Waals surface area contributed by atoms with Crippen LogP contribution in [0.4, 0.5) is 5.69 Å². The van der Waals surface area contributed by atoms with Crippen LogP contribution in [-0.4, -0.2) is 31.6 Å². The highest BCUT2D eigenvalue weighted by atomic mass is 32.1. The third-order valence-corrected chi connectivity index (χ3v) is 2.58. The molecule has 0 aromatic heterocycles. The number of ether oxygens (including phenoxy) is 1. The fourth-order valence-corrected chi connectivity index (χ4v) is 1.69. The number of hydrogen-bond acceptors (Lipinski definition) is 3. The molecule has 1 unspecified atom stereocenters. The molecule has 1 aliphatic rings. The van der Waals surface area contributed by atoms with Crippen LogP contribution in [-0.2, 0) is 4.74 Å². The molecule has 15 heavy (non-hydrogen) atoms. The lowest BCUT2D eigenvalue weighted by Crippen LogP contribution is -2.35. The van der Waals surface area contributed by atoms with E-state index in [0.29, 0.717) is 0 Å². The molecule has 3 nitrogen and oxygen atoms in total. The van der Waals surface area contributed by atoms with Gasteiger partial charge in [-0.25, -0.2) is 0 Å². The van der Waals surface area contributed by atoms with Gasteiger partial charge < -0.3 is 15.4 Å². The fourth-order valence-electron chi connectivity index (χ4n) is 1.69. The Labute approximate surface area is 101 Å². The van der Waals surface area contributed by atoms with Gasteiger partial charge in [-0.3, -0.25) is 0 Å². The molecular weight excluding hydrogens is 208 g/mol. The van der Waals surface area contributed by atoms with Crippen molar-refractivity contribution in [3.63, 3.8) is 0 Å². The highest BCUT2D eigenvalue weighted by Gasteiger charge is 2.18. The van der Waals surface area contributed by atoms with Gasteiger partial charge in [0, 0.05) is 21.6 Å². The van der Waals surface area contributed by atoms with E-state index in [1.807, 2.05) is 24.3 Å². The smallest absolute Gasteiger partial charge is 0.0952 e. The second kappa shape index (κ2) is 5.39. The molecule has 0 aliphatic carbocycles. The molecule has 2 rings (SSSR count). The zero-order chi connectivity index (χ0) is 9.97. The number of likely N-dealkylation sites (N-methyl/N-ethyl adjacent to an activating group) is 1. The van der Waals surface area contributed by atoms with Gasteiger partial charge in [-0.05, 0) is 24.7 Å². The first kappa shape index (κ1) is 12.4. The Kier molecular flexibility index (Phi) is 4.45. The summed E-state index contributed by atoms with van der Waals surface area (Å²) in [5.74, 6) is 0. The predicted octanol–water partition coefficient (Wildman–Crippen LogP) is 1.88. The van der Waals surface area contributed by atoms with Crippen LogP contribution in [0.1, 0.15) is 14.5 Å². The van der Waals surface area contributed by atoms with Gasteiger partial charge in [-0.2, -0.15) is 13.5 Å². The number of morpholine rings is 1. The van der Waals surface area contributed by atoms with Crippen LogP contribution < -0.4 is 5.73 Å². The largest absolute Gasteiger partial charge is 0.399 e. The maximum atomic E-state index is 5.69. The molecule has 0 amide bonds. The van der Waals surface area contributed by atoms with E-state index in [1.165, 1.54) is 5.56 Å². The van der Waals surface area contributed by atoms with E-state index in [-0.39, 0.29) is 22.5 Å². The molecule has 1 aliphatic heterocycles. The van der Waals surface area contributed by atoms with Gasteiger partial charge in [0.25, 0.3) is 0 Å². The topological polar surface area (TPSA) is 38.5 Å². The second-order valence-electron chi connectivity index (χ2n) is 3.79. The van der Waals surface area contributed by atoms with Gasteiger partial charge >= 0.3 is 0 Å². The van der Waals surface area contributed by atoms with Crippen LogP contribution in [0.2, 0.25) is 0 Å². The SMILES string of the molecule is CN1CCOC(c2ccc(N)cc2)C1.S.[HH].[HH]. The number of anilines is 1. The molecule has 0 saturated carbocycles. The summed E-state index contributed by atoms with van der Waals surface area (Å²) < 4.78 is 5.69. The second-order valence-corrected chi connectivity index (χ2v) is 3.79. The summed E-state index contributed by atoms with van der Waals surface area (Å²) >= 11 is 0. The van der Waals surface area contributed by atoms with Crippen molar-refractivity contribution in [1.82, 2.24) is 4.90 Å². The first-order chi connectivity index (χ1) is 6.75. The summed E-state index contributed by atoms with van der Waals surface area (Å²) in [7, 11) is 2.12. The Morgan fingerprint density at radius 1 is 1.40 bits per heavy atom. The van der Waals surface area contributed by atoms with Crippen molar-refractivity contribution < 1.29 is 7.59 Å². The van der Waals surface area contributed by atoms with Crippen LogP contribution in [0, 0.1) is 0 Å². The molecule has 0 radical (unpaired) electrons. The highest BCUT2D eigenvalue weighted by Crippen LogP contribution is 2.21. The molecule has 88 valence electrons. The van der Waals surface area contributed by atoms with Gasteiger partial charge in [0.1, 0.15) is 0 Å². The first-order valence-electron chi connectivity index (χ1n) is 4.91. The molecular formula is C11H22N2OS. The lowest BCUT2D eigenvalue weighted by Gasteiger charge is -2.30. The molecule has 1 aromatic carbocycles. The average molecular weight is 230 g/mol. The number of nitrogens with zero attached hydrogens (tertiary/aromatic N) is 1.